The van der Waals surface area contributed by atoms with Crippen LogP contribution in [0.5, 0.6) is 5.75 Å². The third kappa shape index (κ3) is 9.27. The molecule has 2 aromatic rings. The van der Waals surface area contributed by atoms with Crippen LogP contribution < -0.4 is 25.8 Å². The zero-order chi connectivity index (χ0) is 30.5. The summed E-state index contributed by atoms with van der Waals surface area (Å²) in [6, 6.07) is 8.78. The van der Waals surface area contributed by atoms with E-state index < -0.39 is 45.8 Å². The van der Waals surface area contributed by atoms with Crippen LogP contribution in [-0.4, -0.2) is 66.3 Å². The molecule has 3 rings (SSSR count). The minimum Gasteiger partial charge on any atom is -0.491 e. The molecule has 0 unspecified atom stereocenters. The molecule has 0 fully saturated rings. The van der Waals surface area contributed by atoms with Gasteiger partial charge in [0.15, 0.2) is 0 Å². The summed E-state index contributed by atoms with van der Waals surface area (Å²) in [7, 11) is -12.8. The van der Waals surface area contributed by atoms with Gasteiger partial charge in [-0.15, -0.1) is 3.89 Å². The van der Waals surface area contributed by atoms with Gasteiger partial charge >= 0.3 is 10.2 Å². The molecule has 222 valence electrons. The Bertz CT molecular complexity index is 1630. The molecule has 0 atom stereocenters. The van der Waals surface area contributed by atoms with E-state index in [1.807, 2.05) is 0 Å². The Morgan fingerprint density at radius 2 is 1.68 bits per heavy atom. The number of ether oxygens (including phenoxy) is 1. The van der Waals surface area contributed by atoms with Gasteiger partial charge in [-0.2, -0.15) is 21.8 Å². The second-order valence-electron chi connectivity index (χ2n) is 8.41. The zero-order valence-corrected chi connectivity index (χ0v) is 24.7. The van der Waals surface area contributed by atoms with Gasteiger partial charge in [-0.25, -0.2) is 18.1 Å². The Labute approximate surface area is 236 Å². The molecule has 1 aliphatic rings. The van der Waals surface area contributed by atoms with Crippen molar-refractivity contribution in [2.24, 2.45) is 21.5 Å². The molecule has 1 heterocycles. The van der Waals surface area contributed by atoms with E-state index in [1.54, 1.807) is 36.9 Å². The van der Waals surface area contributed by atoms with Crippen LogP contribution in [0.25, 0.3) is 0 Å². The zero-order valence-electron chi connectivity index (χ0n) is 21.4. The Morgan fingerprint density at radius 3 is 2.20 bits per heavy atom. The molecule has 0 aromatic heterocycles. The molecule has 14 nitrogen and oxygen atoms in total. The molecular formula is C21H28ClFN6O8S3. The first-order chi connectivity index (χ1) is 18.3. The number of hydrogen-bond donors (Lipinski definition) is 4. The number of nitrogens with zero attached hydrogens (tertiary/aromatic N) is 3. The smallest absolute Gasteiger partial charge is 0.332 e. The summed E-state index contributed by atoms with van der Waals surface area (Å²) in [5.74, 6) is 0.280. The second kappa shape index (κ2) is 12.6. The standard InChI is InChI=1S/C19H22ClFN6O5S2.C2H6O3S/c1-19(2)26-17(22)25-18(23)27(19)12-6-7-16(15(20)10-12)32-9-8-24-34(30,31)14-5-3-4-13(11-14)33(21,28)29;1-2-6(3,4)5/h3-7,10-11,24H,8-9H2,1-2H3,(H4,22,23,25,26);2H2,1H3,(H,3,4,5). The second-order valence-corrected chi connectivity index (χ2v) is 13.7. The highest BCUT2D eigenvalue weighted by molar-refractivity contribution is 7.89. The maximum absolute atomic E-state index is 13.1. The third-order valence-corrected chi connectivity index (χ3v) is 8.28. The lowest BCUT2D eigenvalue weighted by molar-refractivity contribution is 0.323. The van der Waals surface area contributed by atoms with E-state index in [0.29, 0.717) is 5.69 Å². The molecular weight excluding hydrogens is 615 g/mol. The highest BCUT2D eigenvalue weighted by Crippen LogP contribution is 2.33. The lowest BCUT2D eigenvalue weighted by atomic mass is 10.1. The summed E-state index contributed by atoms with van der Waals surface area (Å²) in [6.45, 7) is 4.70. The van der Waals surface area contributed by atoms with Crippen LogP contribution in [0.2, 0.25) is 5.02 Å². The van der Waals surface area contributed by atoms with E-state index in [0.717, 1.165) is 24.3 Å². The number of benzene rings is 2. The van der Waals surface area contributed by atoms with Gasteiger partial charge in [0, 0.05) is 12.2 Å². The summed E-state index contributed by atoms with van der Waals surface area (Å²) in [5.41, 5.74) is 11.5. The van der Waals surface area contributed by atoms with E-state index in [-0.39, 0.29) is 41.6 Å². The van der Waals surface area contributed by atoms with Gasteiger partial charge in [-0.1, -0.05) is 17.7 Å². The van der Waals surface area contributed by atoms with Gasteiger partial charge in [0.25, 0.3) is 10.1 Å². The first kappa shape index (κ1) is 33.2. The van der Waals surface area contributed by atoms with Gasteiger partial charge in [0.1, 0.15) is 18.0 Å². The molecule has 6 N–H and O–H groups in total. The van der Waals surface area contributed by atoms with Gasteiger partial charge in [-0.3, -0.25) is 9.45 Å². The largest absolute Gasteiger partial charge is 0.491 e. The monoisotopic (exact) mass is 642 g/mol. The van der Waals surface area contributed by atoms with Crippen molar-refractivity contribution in [2.45, 2.75) is 36.2 Å². The average molecular weight is 643 g/mol. The van der Waals surface area contributed by atoms with Crippen LogP contribution in [0.3, 0.4) is 0 Å². The molecule has 40 heavy (non-hydrogen) atoms. The Kier molecular flexibility index (Phi) is 10.5. The molecule has 0 spiro atoms. The lowest BCUT2D eigenvalue weighted by Crippen LogP contribution is -2.54. The Morgan fingerprint density at radius 1 is 1.07 bits per heavy atom. The number of nitrogens with one attached hydrogen (secondary N) is 1. The predicted octanol–water partition coefficient (Wildman–Crippen LogP) is 1.44. The van der Waals surface area contributed by atoms with Gasteiger partial charge in [0.05, 0.1) is 20.6 Å². The lowest BCUT2D eigenvalue weighted by Gasteiger charge is -2.38. The van der Waals surface area contributed by atoms with Gasteiger partial charge < -0.3 is 16.2 Å². The fraction of sp³-hybridized carbons (Fsp3) is 0.333. The van der Waals surface area contributed by atoms with Crippen molar-refractivity contribution < 1.29 is 38.4 Å². The number of nitrogens with two attached hydrogens (primary N) is 2. The quantitative estimate of drug-likeness (QED) is 0.174. The normalized spacial score (nSPS) is 15.4. The Balaban J connectivity index is 0.000000840. The average Bonchev–Trinajstić information content (AvgIpc) is 2.81. The van der Waals surface area contributed by atoms with Crippen molar-refractivity contribution >= 4 is 59.6 Å². The molecule has 0 bridgehead atoms. The molecule has 0 amide bonds. The fourth-order valence-corrected chi connectivity index (χ4v) is 5.08. The van der Waals surface area contributed by atoms with E-state index in [2.05, 4.69) is 14.7 Å². The van der Waals surface area contributed by atoms with Crippen LogP contribution in [0.15, 0.2) is 62.2 Å². The number of aliphatic imine (C=N–C) groups is 2. The number of guanidine groups is 2. The van der Waals surface area contributed by atoms with Crippen LogP contribution in [0.1, 0.15) is 20.8 Å². The van der Waals surface area contributed by atoms with Gasteiger partial charge in [0.2, 0.25) is 21.9 Å². The van der Waals surface area contributed by atoms with E-state index in [1.165, 1.54) is 6.92 Å². The van der Waals surface area contributed by atoms with E-state index >= 15 is 0 Å². The van der Waals surface area contributed by atoms with Crippen molar-refractivity contribution in [3.05, 3.63) is 47.5 Å². The maximum Gasteiger partial charge on any atom is 0.332 e. The van der Waals surface area contributed by atoms with Crippen molar-refractivity contribution in [2.75, 3.05) is 23.8 Å². The first-order valence-electron chi connectivity index (χ1n) is 11.2. The maximum atomic E-state index is 13.1. The number of hydrogen-bond acceptors (Lipinski definition) is 12. The highest BCUT2D eigenvalue weighted by Gasteiger charge is 2.33. The summed E-state index contributed by atoms with van der Waals surface area (Å²) in [5, 5.41) is 0.229. The van der Waals surface area contributed by atoms with Crippen molar-refractivity contribution in [3.63, 3.8) is 0 Å². The molecule has 0 radical (unpaired) electrons. The summed E-state index contributed by atoms with van der Waals surface area (Å²) >= 11 is 6.32. The minimum absolute atomic E-state index is 0.0605. The molecule has 19 heteroatoms. The third-order valence-electron chi connectivity index (χ3n) is 4.98. The number of anilines is 1. The van der Waals surface area contributed by atoms with E-state index in [9.17, 15) is 29.1 Å². The van der Waals surface area contributed by atoms with Gasteiger partial charge in [-0.05, 0) is 57.2 Å². The minimum atomic E-state index is -5.04. The van der Waals surface area contributed by atoms with Crippen LogP contribution in [0, 0.1) is 0 Å². The summed E-state index contributed by atoms with van der Waals surface area (Å²) in [4.78, 5) is 8.71. The number of rotatable bonds is 9. The molecule has 0 aliphatic carbocycles. The molecule has 0 saturated carbocycles. The topological polar surface area (TPSA) is 224 Å². The molecule has 0 saturated heterocycles. The number of halogens is 2. The fourth-order valence-electron chi connectivity index (χ4n) is 3.21. The van der Waals surface area contributed by atoms with Crippen molar-refractivity contribution in [1.82, 2.24) is 4.72 Å². The number of sulfonamides is 1. The molecule has 1 aliphatic heterocycles. The van der Waals surface area contributed by atoms with Crippen LogP contribution in [-0.2, 0) is 30.4 Å². The predicted molar refractivity (Wildman–Crippen MR) is 149 cm³/mol. The highest BCUT2D eigenvalue weighted by atomic mass is 35.5. The van der Waals surface area contributed by atoms with Crippen LogP contribution in [0.4, 0.5) is 9.57 Å². The summed E-state index contributed by atoms with van der Waals surface area (Å²) < 4.78 is 94.6. The summed E-state index contributed by atoms with van der Waals surface area (Å²) in [6.07, 6.45) is 0. The SMILES string of the molecule is CC1(C)N=C(N)N=C(N)N1c1ccc(OCCNS(=O)(=O)c2cccc(S(=O)(=O)F)c2)c(Cl)c1.CCS(=O)(=O)O. The molecule has 2 aromatic carbocycles. The van der Waals surface area contributed by atoms with Crippen molar-refractivity contribution in [3.8, 4) is 5.75 Å². The van der Waals surface area contributed by atoms with Crippen LogP contribution >= 0.6 is 11.6 Å². The first-order valence-corrected chi connectivity index (χ1v) is 16.0. The Hall–Kier alpha value is -3.03. The van der Waals surface area contributed by atoms with E-state index in [4.69, 9.17) is 32.4 Å². The van der Waals surface area contributed by atoms with Crippen molar-refractivity contribution in [1.29, 1.82) is 0 Å².